The van der Waals surface area contributed by atoms with Crippen molar-refractivity contribution >= 4 is 23.0 Å². The highest BCUT2D eigenvalue weighted by atomic mass is 16.6. The molecule has 0 aromatic heterocycles. The van der Waals surface area contributed by atoms with Crippen molar-refractivity contribution in [2.45, 2.75) is 13.0 Å². The van der Waals surface area contributed by atoms with Gasteiger partial charge in [0.05, 0.1) is 13.2 Å². The van der Waals surface area contributed by atoms with Crippen LogP contribution in [-0.2, 0) is 9.53 Å². The second kappa shape index (κ2) is 8.84. The van der Waals surface area contributed by atoms with Crippen molar-refractivity contribution in [1.29, 1.82) is 0 Å². The van der Waals surface area contributed by atoms with Crippen LogP contribution in [0.5, 0.6) is 11.5 Å². The second-order valence-electron chi connectivity index (χ2n) is 7.11. The lowest BCUT2D eigenvalue weighted by molar-refractivity contribution is -0.130. The molecule has 0 aliphatic carbocycles. The molecule has 1 saturated heterocycles. The molecule has 0 N–H and O–H groups in total. The lowest BCUT2D eigenvalue weighted by Crippen LogP contribution is -2.38. The Balaban J connectivity index is 1.60. The van der Waals surface area contributed by atoms with Crippen molar-refractivity contribution in [3.05, 3.63) is 91.0 Å². The first-order chi connectivity index (χ1) is 14.6. The van der Waals surface area contributed by atoms with E-state index in [1.165, 1.54) is 0 Å². The molecule has 4 rings (SSSR count). The molecule has 5 heteroatoms. The van der Waals surface area contributed by atoms with Gasteiger partial charge in [0, 0.05) is 22.6 Å². The van der Waals surface area contributed by atoms with Crippen LogP contribution in [0.1, 0.15) is 6.92 Å². The van der Waals surface area contributed by atoms with Gasteiger partial charge >= 0.3 is 5.97 Å². The Kier molecular flexibility index (Phi) is 5.82. The number of hydrogen-bond acceptors (Lipinski definition) is 5. The molecule has 1 heterocycles. The highest BCUT2D eigenvalue weighted by Gasteiger charge is 2.20. The number of rotatable bonds is 7. The van der Waals surface area contributed by atoms with Gasteiger partial charge in [-0.05, 0) is 67.6 Å². The van der Waals surface area contributed by atoms with E-state index in [1.807, 2.05) is 66.7 Å². The maximum absolute atomic E-state index is 11.8. The largest absolute Gasteiger partial charge is 0.486 e. The standard InChI is InChI=1S/C25H23NO4/c1-18(2)25(27)30-23-14-10-21(11-15-23)26(19-6-4-3-5-7-19)20-8-12-22(13-9-20)29-24-16-28-17-24/h3-15,24H,1,16-17H2,2H3. The molecule has 30 heavy (non-hydrogen) atoms. The lowest BCUT2D eigenvalue weighted by Gasteiger charge is -2.28. The molecule has 0 atom stereocenters. The first-order valence-electron chi connectivity index (χ1n) is 9.77. The van der Waals surface area contributed by atoms with E-state index in [-0.39, 0.29) is 6.10 Å². The number of esters is 1. The van der Waals surface area contributed by atoms with Gasteiger partial charge in [-0.15, -0.1) is 0 Å². The van der Waals surface area contributed by atoms with Crippen LogP contribution < -0.4 is 14.4 Å². The van der Waals surface area contributed by atoms with Crippen molar-refractivity contribution in [3.63, 3.8) is 0 Å². The van der Waals surface area contributed by atoms with Crippen molar-refractivity contribution in [1.82, 2.24) is 0 Å². The van der Waals surface area contributed by atoms with Crippen LogP contribution in [0.15, 0.2) is 91.0 Å². The number of para-hydroxylation sites is 1. The number of carbonyl (C=O) groups is 1. The predicted octanol–water partition coefficient (Wildman–Crippen LogP) is 5.42. The topological polar surface area (TPSA) is 48.0 Å². The van der Waals surface area contributed by atoms with Gasteiger partial charge in [0.2, 0.25) is 0 Å². The molecule has 1 aliphatic heterocycles. The van der Waals surface area contributed by atoms with Crippen LogP contribution in [0.2, 0.25) is 0 Å². The maximum atomic E-state index is 11.8. The van der Waals surface area contributed by atoms with Gasteiger partial charge in [-0.25, -0.2) is 4.79 Å². The fraction of sp³-hybridized carbons (Fsp3) is 0.160. The number of hydrogen-bond donors (Lipinski definition) is 0. The van der Waals surface area contributed by atoms with Crippen molar-refractivity contribution < 1.29 is 19.0 Å². The maximum Gasteiger partial charge on any atom is 0.338 e. The minimum Gasteiger partial charge on any atom is -0.486 e. The molecule has 0 amide bonds. The Hall–Kier alpha value is -3.57. The van der Waals surface area contributed by atoms with E-state index in [9.17, 15) is 4.79 Å². The van der Waals surface area contributed by atoms with Crippen LogP contribution in [-0.4, -0.2) is 25.3 Å². The van der Waals surface area contributed by atoms with Crippen LogP contribution in [0, 0.1) is 0 Å². The Bertz CT molecular complexity index is 1010. The van der Waals surface area contributed by atoms with Gasteiger partial charge < -0.3 is 19.1 Å². The molecule has 1 fully saturated rings. The lowest BCUT2D eigenvalue weighted by atomic mass is 10.2. The summed E-state index contributed by atoms with van der Waals surface area (Å²) in [7, 11) is 0. The summed E-state index contributed by atoms with van der Waals surface area (Å²) in [6, 6.07) is 25.5. The zero-order valence-corrected chi connectivity index (χ0v) is 16.8. The van der Waals surface area contributed by atoms with E-state index in [2.05, 4.69) is 11.5 Å². The summed E-state index contributed by atoms with van der Waals surface area (Å²) in [5, 5.41) is 0. The number of benzene rings is 3. The van der Waals surface area contributed by atoms with E-state index < -0.39 is 5.97 Å². The van der Waals surface area contributed by atoms with Gasteiger partial charge in [-0.2, -0.15) is 0 Å². The summed E-state index contributed by atoms with van der Waals surface area (Å²) < 4.78 is 16.3. The third-order valence-corrected chi connectivity index (χ3v) is 4.67. The Morgan fingerprint density at radius 2 is 1.40 bits per heavy atom. The molecule has 152 valence electrons. The Morgan fingerprint density at radius 3 is 1.90 bits per heavy atom. The number of anilines is 3. The van der Waals surface area contributed by atoms with E-state index in [0.29, 0.717) is 24.5 Å². The number of nitrogens with zero attached hydrogens (tertiary/aromatic N) is 1. The quantitative estimate of drug-likeness (QED) is 0.301. The summed E-state index contributed by atoms with van der Waals surface area (Å²) >= 11 is 0. The van der Waals surface area contributed by atoms with Crippen LogP contribution >= 0.6 is 0 Å². The van der Waals surface area contributed by atoms with E-state index in [0.717, 1.165) is 22.8 Å². The normalized spacial score (nSPS) is 13.2. The minimum atomic E-state index is -0.435. The number of ether oxygens (including phenoxy) is 3. The van der Waals surface area contributed by atoms with Gasteiger partial charge in [-0.3, -0.25) is 0 Å². The summed E-state index contributed by atoms with van der Waals surface area (Å²) in [5.74, 6) is 0.864. The van der Waals surface area contributed by atoms with Crippen molar-refractivity contribution in [2.75, 3.05) is 18.1 Å². The molecule has 0 spiro atoms. The summed E-state index contributed by atoms with van der Waals surface area (Å²) in [4.78, 5) is 13.9. The van der Waals surface area contributed by atoms with Gasteiger partial charge in [-0.1, -0.05) is 24.8 Å². The molecule has 0 saturated carbocycles. The molecule has 0 bridgehead atoms. The van der Waals surface area contributed by atoms with Crippen LogP contribution in [0.3, 0.4) is 0 Å². The van der Waals surface area contributed by atoms with Gasteiger partial charge in [0.15, 0.2) is 0 Å². The van der Waals surface area contributed by atoms with Crippen LogP contribution in [0.25, 0.3) is 0 Å². The summed E-state index contributed by atoms with van der Waals surface area (Å²) in [6.07, 6.45) is 0.135. The van der Waals surface area contributed by atoms with Gasteiger partial charge in [0.1, 0.15) is 17.6 Å². The smallest absolute Gasteiger partial charge is 0.338 e. The molecule has 3 aromatic rings. The van der Waals surface area contributed by atoms with Crippen molar-refractivity contribution in [2.24, 2.45) is 0 Å². The fourth-order valence-corrected chi connectivity index (χ4v) is 3.03. The van der Waals surface area contributed by atoms with E-state index in [4.69, 9.17) is 14.2 Å². The molecule has 0 radical (unpaired) electrons. The molecule has 0 unspecified atom stereocenters. The predicted molar refractivity (Wildman–Crippen MR) is 117 cm³/mol. The van der Waals surface area contributed by atoms with E-state index >= 15 is 0 Å². The summed E-state index contributed by atoms with van der Waals surface area (Å²) in [5.41, 5.74) is 3.31. The van der Waals surface area contributed by atoms with Crippen LogP contribution in [0.4, 0.5) is 17.1 Å². The highest BCUT2D eigenvalue weighted by Crippen LogP contribution is 2.36. The molecule has 5 nitrogen and oxygen atoms in total. The molecule has 1 aliphatic rings. The molecular weight excluding hydrogens is 378 g/mol. The average Bonchev–Trinajstić information content (AvgIpc) is 2.74. The van der Waals surface area contributed by atoms with E-state index in [1.54, 1.807) is 19.1 Å². The summed E-state index contributed by atoms with van der Waals surface area (Å²) in [6.45, 7) is 6.51. The zero-order valence-electron chi connectivity index (χ0n) is 16.8. The average molecular weight is 401 g/mol. The SMILES string of the molecule is C=C(C)C(=O)Oc1ccc(N(c2ccccc2)c2ccc(OC3COC3)cc2)cc1. The first-order valence-corrected chi connectivity index (χ1v) is 9.77. The third kappa shape index (κ3) is 4.53. The Labute approximate surface area is 176 Å². The van der Waals surface area contributed by atoms with Gasteiger partial charge in [0.25, 0.3) is 0 Å². The fourth-order valence-electron chi connectivity index (χ4n) is 3.03. The number of carbonyl (C=O) groups excluding carboxylic acids is 1. The molecular formula is C25H23NO4. The van der Waals surface area contributed by atoms with Crippen molar-refractivity contribution in [3.8, 4) is 11.5 Å². The third-order valence-electron chi connectivity index (χ3n) is 4.67. The minimum absolute atomic E-state index is 0.135. The second-order valence-corrected chi connectivity index (χ2v) is 7.11. The zero-order chi connectivity index (χ0) is 20.9. The monoisotopic (exact) mass is 401 g/mol. The first kappa shape index (κ1) is 19.7. The Morgan fingerprint density at radius 1 is 0.867 bits per heavy atom. The highest BCUT2D eigenvalue weighted by molar-refractivity contribution is 5.89. The molecule has 3 aromatic carbocycles.